The second-order valence-corrected chi connectivity index (χ2v) is 6.29. The van der Waals surface area contributed by atoms with Crippen molar-refractivity contribution in [3.8, 4) is 5.75 Å². The van der Waals surface area contributed by atoms with E-state index < -0.39 is 0 Å². The van der Waals surface area contributed by atoms with Gasteiger partial charge < -0.3 is 10.1 Å². The van der Waals surface area contributed by atoms with E-state index in [1.807, 2.05) is 54.6 Å². The van der Waals surface area contributed by atoms with Gasteiger partial charge in [0, 0.05) is 12.6 Å². The van der Waals surface area contributed by atoms with Gasteiger partial charge in [-0.25, -0.2) is 5.43 Å². The Balaban J connectivity index is 1.54. The molecule has 2 amide bonds. The van der Waals surface area contributed by atoms with Crippen molar-refractivity contribution < 1.29 is 14.3 Å². The van der Waals surface area contributed by atoms with Crippen LogP contribution in [0.5, 0.6) is 5.75 Å². The van der Waals surface area contributed by atoms with Crippen LogP contribution < -0.4 is 15.5 Å². The van der Waals surface area contributed by atoms with Crippen LogP contribution in [0.1, 0.15) is 19.4 Å². The molecule has 6 nitrogen and oxygen atoms in total. The maximum Gasteiger partial charge on any atom is 0.277 e. The Morgan fingerprint density at radius 1 is 0.929 bits per heavy atom. The smallest absolute Gasteiger partial charge is 0.277 e. The van der Waals surface area contributed by atoms with Crippen LogP contribution in [0.3, 0.4) is 0 Å². The van der Waals surface area contributed by atoms with Crippen molar-refractivity contribution in [2.75, 3.05) is 11.9 Å². The van der Waals surface area contributed by atoms with Gasteiger partial charge in [-0.05, 0) is 47.5 Å². The van der Waals surface area contributed by atoms with Gasteiger partial charge in [-0.2, -0.15) is 5.10 Å². The normalized spacial score (nSPS) is 11.1. The number of rotatable bonds is 6. The van der Waals surface area contributed by atoms with Crippen molar-refractivity contribution in [3.05, 3.63) is 72.3 Å². The van der Waals surface area contributed by atoms with Crippen molar-refractivity contribution in [2.45, 2.75) is 13.8 Å². The Morgan fingerprint density at radius 2 is 1.64 bits per heavy atom. The molecule has 3 rings (SSSR count). The van der Waals surface area contributed by atoms with Gasteiger partial charge >= 0.3 is 0 Å². The monoisotopic (exact) mass is 375 g/mol. The molecule has 0 saturated carbocycles. The third-order valence-corrected chi connectivity index (χ3v) is 4.06. The maximum absolute atomic E-state index is 12.0. The van der Waals surface area contributed by atoms with Gasteiger partial charge in [0.1, 0.15) is 5.75 Å². The zero-order chi connectivity index (χ0) is 19.9. The lowest BCUT2D eigenvalue weighted by atomic mass is 10.1. The highest BCUT2D eigenvalue weighted by molar-refractivity contribution is 6.00. The number of hydrazone groups is 1. The molecule has 28 heavy (non-hydrogen) atoms. The average molecular weight is 375 g/mol. The summed E-state index contributed by atoms with van der Waals surface area (Å²) in [6.45, 7) is 3.12. The first-order valence-electron chi connectivity index (χ1n) is 8.84. The standard InChI is InChI=1S/C22H21N3O3/c1-15(17-7-10-20(11-8-17)23-16(2)26)24-25-22(27)14-28-21-12-9-18-5-3-4-6-19(18)13-21/h3-13H,14H2,1-2H3,(H,23,26)(H,25,27)/b24-15+. The lowest BCUT2D eigenvalue weighted by Gasteiger charge is -2.07. The number of hydrogen-bond donors (Lipinski definition) is 2. The Morgan fingerprint density at radius 3 is 2.36 bits per heavy atom. The van der Waals surface area contributed by atoms with E-state index in [1.54, 1.807) is 19.1 Å². The molecule has 0 fully saturated rings. The quantitative estimate of drug-likeness (QED) is 0.509. The molecule has 0 bridgehead atoms. The van der Waals surface area contributed by atoms with Crippen LogP contribution in [-0.2, 0) is 9.59 Å². The largest absolute Gasteiger partial charge is 0.484 e. The number of anilines is 1. The minimum atomic E-state index is -0.345. The second kappa shape index (κ2) is 8.81. The van der Waals surface area contributed by atoms with Crippen LogP contribution in [0.15, 0.2) is 71.8 Å². The van der Waals surface area contributed by atoms with E-state index in [0.29, 0.717) is 17.1 Å². The summed E-state index contributed by atoms with van der Waals surface area (Å²) in [6.07, 6.45) is 0. The molecule has 0 spiro atoms. The fourth-order valence-corrected chi connectivity index (χ4v) is 2.65. The van der Waals surface area contributed by atoms with Crippen LogP contribution in [0.25, 0.3) is 10.8 Å². The van der Waals surface area contributed by atoms with Gasteiger partial charge in [-0.3, -0.25) is 9.59 Å². The fraction of sp³-hybridized carbons (Fsp3) is 0.136. The van der Waals surface area contributed by atoms with Crippen molar-refractivity contribution >= 4 is 34.0 Å². The van der Waals surface area contributed by atoms with Crippen LogP contribution in [0, 0.1) is 0 Å². The van der Waals surface area contributed by atoms with Crippen LogP contribution >= 0.6 is 0 Å². The first-order valence-corrected chi connectivity index (χ1v) is 8.84. The van der Waals surface area contributed by atoms with Crippen molar-refractivity contribution in [3.63, 3.8) is 0 Å². The van der Waals surface area contributed by atoms with Gasteiger partial charge in [0.2, 0.25) is 5.91 Å². The van der Waals surface area contributed by atoms with Gasteiger partial charge in [0.25, 0.3) is 5.91 Å². The molecule has 0 aromatic heterocycles. The van der Waals surface area contributed by atoms with Crippen molar-refractivity contribution in [2.24, 2.45) is 5.10 Å². The number of hydrogen-bond acceptors (Lipinski definition) is 4. The predicted molar refractivity (Wildman–Crippen MR) is 111 cm³/mol. The highest BCUT2D eigenvalue weighted by Crippen LogP contribution is 2.20. The lowest BCUT2D eigenvalue weighted by molar-refractivity contribution is -0.123. The summed E-state index contributed by atoms with van der Waals surface area (Å²) >= 11 is 0. The summed E-state index contributed by atoms with van der Waals surface area (Å²) < 4.78 is 5.55. The molecule has 6 heteroatoms. The Labute approximate surface area is 163 Å². The maximum atomic E-state index is 12.0. The topological polar surface area (TPSA) is 79.8 Å². The highest BCUT2D eigenvalue weighted by atomic mass is 16.5. The molecule has 0 aliphatic heterocycles. The number of carbonyl (C=O) groups excluding carboxylic acids is 2. The third kappa shape index (κ3) is 5.17. The number of nitrogens with one attached hydrogen (secondary N) is 2. The van der Waals surface area contributed by atoms with E-state index in [4.69, 9.17) is 4.74 Å². The lowest BCUT2D eigenvalue weighted by Crippen LogP contribution is -2.25. The Hall–Kier alpha value is -3.67. The van der Waals surface area contributed by atoms with E-state index in [2.05, 4.69) is 15.8 Å². The van der Waals surface area contributed by atoms with Crippen LogP contribution in [0.4, 0.5) is 5.69 Å². The molecule has 0 atom stereocenters. The molecule has 3 aromatic rings. The number of amides is 2. The molecule has 0 unspecified atom stereocenters. The van der Waals surface area contributed by atoms with Gasteiger partial charge in [-0.15, -0.1) is 0 Å². The Kier molecular flexibility index (Phi) is 6.01. The molecule has 3 aromatic carbocycles. The summed E-state index contributed by atoms with van der Waals surface area (Å²) in [6, 6.07) is 20.8. The first-order chi connectivity index (χ1) is 13.5. The zero-order valence-electron chi connectivity index (χ0n) is 15.7. The van der Waals surface area contributed by atoms with E-state index >= 15 is 0 Å². The highest BCUT2D eigenvalue weighted by Gasteiger charge is 2.04. The molecule has 0 aliphatic rings. The molecule has 0 aliphatic carbocycles. The van der Waals surface area contributed by atoms with Gasteiger partial charge in [-0.1, -0.05) is 42.5 Å². The van der Waals surface area contributed by atoms with E-state index in [9.17, 15) is 9.59 Å². The van der Waals surface area contributed by atoms with Gasteiger partial charge in [0.15, 0.2) is 6.61 Å². The Bertz CT molecular complexity index is 1030. The summed E-state index contributed by atoms with van der Waals surface area (Å²) in [5, 5.41) is 8.96. The van der Waals surface area contributed by atoms with E-state index in [0.717, 1.165) is 16.3 Å². The average Bonchev–Trinajstić information content (AvgIpc) is 2.70. The van der Waals surface area contributed by atoms with E-state index in [1.165, 1.54) is 6.92 Å². The van der Waals surface area contributed by atoms with Crippen molar-refractivity contribution in [1.29, 1.82) is 0 Å². The summed E-state index contributed by atoms with van der Waals surface area (Å²) in [4.78, 5) is 23.0. The minimum Gasteiger partial charge on any atom is -0.484 e. The molecule has 0 heterocycles. The molecular weight excluding hydrogens is 354 g/mol. The molecular formula is C22H21N3O3. The molecule has 0 radical (unpaired) electrons. The molecule has 0 saturated heterocycles. The van der Waals surface area contributed by atoms with Crippen molar-refractivity contribution in [1.82, 2.24) is 5.43 Å². The summed E-state index contributed by atoms with van der Waals surface area (Å²) in [5.41, 5.74) is 4.68. The molecule has 2 N–H and O–H groups in total. The van der Waals surface area contributed by atoms with Gasteiger partial charge in [0.05, 0.1) is 5.71 Å². The fourth-order valence-electron chi connectivity index (χ4n) is 2.65. The SMILES string of the molecule is CC(=O)Nc1ccc(/C(C)=N/NC(=O)COc2ccc3ccccc3c2)cc1. The number of benzene rings is 3. The minimum absolute atomic E-state index is 0.128. The zero-order valence-corrected chi connectivity index (χ0v) is 15.7. The van der Waals surface area contributed by atoms with Crippen LogP contribution in [0.2, 0.25) is 0 Å². The number of carbonyl (C=O) groups is 2. The third-order valence-electron chi connectivity index (χ3n) is 4.06. The second-order valence-electron chi connectivity index (χ2n) is 6.29. The summed E-state index contributed by atoms with van der Waals surface area (Å²) in [7, 11) is 0. The van der Waals surface area contributed by atoms with Crippen LogP contribution in [-0.4, -0.2) is 24.1 Å². The number of ether oxygens (including phenoxy) is 1. The first kappa shape index (κ1) is 19.1. The molecule has 142 valence electrons. The predicted octanol–water partition coefficient (Wildman–Crippen LogP) is 3.72. The van der Waals surface area contributed by atoms with E-state index in [-0.39, 0.29) is 18.4 Å². The number of fused-ring (bicyclic) bond motifs is 1. The summed E-state index contributed by atoms with van der Waals surface area (Å²) in [5.74, 6) is 0.155. The number of nitrogens with zero attached hydrogens (tertiary/aromatic N) is 1.